The summed E-state index contributed by atoms with van der Waals surface area (Å²) in [5.41, 5.74) is 4.94. The van der Waals surface area contributed by atoms with Gasteiger partial charge < -0.3 is 11.1 Å². The number of nitro groups is 1. The number of alkyl halides is 3. The SMILES string of the molecule is Nc1cc(C(=O)NCCCC(F)(F)F)ccc1[N+](=O)[O-]. The lowest BCUT2D eigenvalue weighted by molar-refractivity contribution is -0.383. The molecule has 0 spiro atoms. The monoisotopic (exact) mass is 291 g/mol. The van der Waals surface area contributed by atoms with Crippen molar-refractivity contribution >= 4 is 17.3 Å². The van der Waals surface area contributed by atoms with Gasteiger partial charge in [-0.25, -0.2) is 0 Å². The molecule has 0 fully saturated rings. The molecule has 0 radical (unpaired) electrons. The van der Waals surface area contributed by atoms with Crippen LogP contribution in [0, 0.1) is 10.1 Å². The zero-order chi connectivity index (χ0) is 15.3. The van der Waals surface area contributed by atoms with E-state index < -0.39 is 23.4 Å². The van der Waals surface area contributed by atoms with Crippen LogP contribution < -0.4 is 11.1 Å². The summed E-state index contributed by atoms with van der Waals surface area (Å²) >= 11 is 0. The quantitative estimate of drug-likeness (QED) is 0.376. The minimum atomic E-state index is -4.26. The first-order valence-corrected chi connectivity index (χ1v) is 5.59. The summed E-state index contributed by atoms with van der Waals surface area (Å²) < 4.78 is 35.6. The van der Waals surface area contributed by atoms with Crippen molar-refractivity contribution < 1.29 is 22.9 Å². The van der Waals surface area contributed by atoms with E-state index in [2.05, 4.69) is 5.32 Å². The number of nitrogens with two attached hydrogens (primary N) is 1. The molecule has 3 N–H and O–H groups in total. The standard InChI is InChI=1S/C11H12F3N3O3/c12-11(13,14)4-1-5-16-10(18)7-2-3-9(17(19)20)8(15)6-7/h2-3,6H,1,4-5,15H2,(H,16,18). The minimum absolute atomic E-state index is 0.0557. The number of nitrogens with one attached hydrogen (secondary N) is 1. The number of nitrogen functional groups attached to an aromatic ring is 1. The topological polar surface area (TPSA) is 98.3 Å². The van der Waals surface area contributed by atoms with Crippen molar-refractivity contribution in [1.29, 1.82) is 0 Å². The lowest BCUT2D eigenvalue weighted by atomic mass is 10.1. The van der Waals surface area contributed by atoms with Crippen LogP contribution in [-0.2, 0) is 0 Å². The van der Waals surface area contributed by atoms with Crippen molar-refractivity contribution in [1.82, 2.24) is 5.32 Å². The maximum Gasteiger partial charge on any atom is 0.389 e. The van der Waals surface area contributed by atoms with Crippen LogP contribution in [0.25, 0.3) is 0 Å². The summed E-state index contributed by atoms with van der Waals surface area (Å²) in [5.74, 6) is -0.631. The Balaban J connectivity index is 2.56. The second-order valence-corrected chi connectivity index (χ2v) is 4.01. The van der Waals surface area contributed by atoms with Crippen LogP contribution in [0.1, 0.15) is 23.2 Å². The molecule has 20 heavy (non-hydrogen) atoms. The van der Waals surface area contributed by atoms with Crippen LogP contribution >= 0.6 is 0 Å². The van der Waals surface area contributed by atoms with Gasteiger partial charge in [0.15, 0.2) is 0 Å². The van der Waals surface area contributed by atoms with Gasteiger partial charge in [-0.3, -0.25) is 14.9 Å². The van der Waals surface area contributed by atoms with Crippen molar-refractivity contribution in [3.8, 4) is 0 Å². The predicted octanol–water partition coefficient (Wildman–Crippen LogP) is 2.25. The Bertz CT molecular complexity index is 517. The van der Waals surface area contributed by atoms with Crippen molar-refractivity contribution in [3.63, 3.8) is 0 Å². The summed E-state index contributed by atoms with van der Waals surface area (Å²) in [7, 11) is 0. The first-order valence-electron chi connectivity index (χ1n) is 5.59. The van der Waals surface area contributed by atoms with Gasteiger partial charge in [0.25, 0.3) is 11.6 Å². The maximum absolute atomic E-state index is 11.9. The fraction of sp³-hybridized carbons (Fsp3) is 0.364. The fourth-order valence-electron chi connectivity index (χ4n) is 1.45. The molecule has 0 atom stereocenters. The van der Waals surface area contributed by atoms with E-state index in [9.17, 15) is 28.1 Å². The second kappa shape index (κ2) is 6.22. The van der Waals surface area contributed by atoms with Crippen molar-refractivity contribution in [2.45, 2.75) is 19.0 Å². The van der Waals surface area contributed by atoms with E-state index >= 15 is 0 Å². The summed E-state index contributed by atoms with van der Waals surface area (Å²) in [6.07, 6.45) is -5.49. The van der Waals surface area contributed by atoms with Gasteiger partial charge in [-0.15, -0.1) is 0 Å². The van der Waals surface area contributed by atoms with Crippen LogP contribution in [0.5, 0.6) is 0 Å². The van der Waals surface area contributed by atoms with Gasteiger partial charge in [-0.2, -0.15) is 13.2 Å². The molecule has 9 heteroatoms. The number of hydrogen-bond donors (Lipinski definition) is 2. The summed E-state index contributed by atoms with van der Waals surface area (Å²) in [5, 5.41) is 12.8. The molecule has 110 valence electrons. The van der Waals surface area contributed by atoms with Crippen LogP contribution in [0.15, 0.2) is 18.2 Å². The highest BCUT2D eigenvalue weighted by atomic mass is 19.4. The molecule has 0 aromatic heterocycles. The number of amides is 1. The van der Waals surface area contributed by atoms with Gasteiger partial charge in [0.05, 0.1) is 4.92 Å². The first-order chi connectivity index (χ1) is 9.20. The second-order valence-electron chi connectivity index (χ2n) is 4.01. The molecule has 1 aromatic carbocycles. The molecule has 0 aliphatic rings. The van der Waals surface area contributed by atoms with Gasteiger partial charge >= 0.3 is 6.18 Å². The Kier molecular flexibility index (Phi) is 4.89. The smallest absolute Gasteiger partial charge is 0.389 e. The van der Waals surface area contributed by atoms with Gasteiger partial charge in [0.2, 0.25) is 0 Å². The number of hydrogen-bond acceptors (Lipinski definition) is 4. The van der Waals surface area contributed by atoms with Crippen molar-refractivity contribution in [2.75, 3.05) is 12.3 Å². The molecule has 0 saturated heterocycles. The molecule has 1 rings (SSSR count). The van der Waals surface area contributed by atoms with Gasteiger partial charge in [-0.1, -0.05) is 0 Å². The molecule has 0 aliphatic heterocycles. The summed E-state index contributed by atoms with van der Waals surface area (Å²) in [6, 6.07) is 3.37. The summed E-state index contributed by atoms with van der Waals surface area (Å²) in [4.78, 5) is 21.4. The Labute approximate surface area is 111 Å². The molecule has 0 unspecified atom stereocenters. The molecular weight excluding hydrogens is 279 g/mol. The van der Waals surface area contributed by atoms with E-state index in [-0.39, 0.29) is 29.9 Å². The molecule has 6 nitrogen and oxygen atoms in total. The van der Waals surface area contributed by atoms with Gasteiger partial charge in [0, 0.05) is 24.6 Å². The largest absolute Gasteiger partial charge is 0.393 e. The highest BCUT2D eigenvalue weighted by Crippen LogP contribution is 2.22. The average Bonchev–Trinajstić information content (AvgIpc) is 2.32. The Morgan fingerprint density at radius 3 is 2.55 bits per heavy atom. The Morgan fingerprint density at radius 2 is 2.05 bits per heavy atom. The number of nitro benzene ring substituents is 1. The Hall–Kier alpha value is -2.32. The highest BCUT2D eigenvalue weighted by Gasteiger charge is 2.26. The third-order valence-electron chi connectivity index (χ3n) is 2.41. The lowest BCUT2D eigenvalue weighted by Gasteiger charge is -2.08. The number of nitrogens with zero attached hydrogens (tertiary/aromatic N) is 1. The number of anilines is 1. The van der Waals surface area contributed by atoms with Crippen LogP contribution in [0.4, 0.5) is 24.5 Å². The number of carbonyl (C=O) groups is 1. The van der Waals surface area contributed by atoms with Crippen LogP contribution in [0.3, 0.4) is 0 Å². The van der Waals surface area contributed by atoms with Crippen LogP contribution in [0.2, 0.25) is 0 Å². The predicted molar refractivity (Wildman–Crippen MR) is 65.1 cm³/mol. The molecule has 1 amide bonds. The van der Waals surface area contributed by atoms with Crippen LogP contribution in [-0.4, -0.2) is 23.6 Å². The van der Waals surface area contributed by atoms with E-state index in [1.165, 1.54) is 6.07 Å². The fourth-order valence-corrected chi connectivity index (χ4v) is 1.45. The van der Waals surface area contributed by atoms with E-state index in [0.29, 0.717) is 0 Å². The number of carbonyl (C=O) groups excluding carboxylic acids is 1. The van der Waals surface area contributed by atoms with E-state index in [4.69, 9.17) is 5.73 Å². The van der Waals surface area contributed by atoms with Gasteiger partial charge in [-0.05, 0) is 18.6 Å². The zero-order valence-corrected chi connectivity index (χ0v) is 10.2. The number of halogens is 3. The first kappa shape index (κ1) is 15.7. The summed E-state index contributed by atoms with van der Waals surface area (Å²) in [6.45, 7) is -0.144. The molecular formula is C11H12F3N3O3. The zero-order valence-electron chi connectivity index (χ0n) is 10.2. The minimum Gasteiger partial charge on any atom is -0.393 e. The lowest BCUT2D eigenvalue weighted by Crippen LogP contribution is -2.25. The highest BCUT2D eigenvalue weighted by molar-refractivity contribution is 5.95. The van der Waals surface area contributed by atoms with E-state index in [0.717, 1.165) is 12.1 Å². The van der Waals surface area contributed by atoms with E-state index in [1.54, 1.807) is 0 Å². The normalized spacial score (nSPS) is 11.2. The van der Waals surface area contributed by atoms with Crippen molar-refractivity contribution in [2.24, 2.45) is 0 Å². The van der Waals surface area contributed by atoms with Gasteiger partial charge in [0.1, 0.15) is 5.69 Å². The third kappa shape index (κ3) is 4.75. The molecule has 0 saturated carbocycles. The number of benzene rings is 1. The maximum atomic E-state index is 11.9. The average molecular weight is 291 g/mol. The van der Waals surface area contributed by atoms with Crippen molar-refractivity contribution in [3.05, 3.63) is 33.9 Å². The molecule has 0 aliphatic carbocycles. The molecule has 1 aromatic rings. The Morgan fingerprint density at radius 1 is 1.40 bits per heavy atom. The number of rotatable bonds is 5. The molecule has 0 heterocycles. The van der Waals surface area contributed by atoms with E-state index in [1.807, 2.05) is 0 Å². The molecule has 0 bridgehead atoms. The third-order valence-corrected chi connectivity index (χ3v) is 2.41.